The molecule has 0 saturated heterocycles. The van der Waals surface area contributed by atoms with Gasteiger partial charge in [0, 0.05) is 41.0 Å². The third kappa shape index (κ3) is 3.78. The van der Waals surface area contributed by atoms with Crippen LogP contribution in [0.2, 0.25) is 0 Å². The van der Waals surface area contributed by atoms with Crippen LogP contribution in [-0.4, -0.2) is 32.5 Å². The molecule has 104 valence electrons. The maximum atomic E-state index is 11.3. The SMILES string of the molecule is CCS(=O)CCNCc1cn[nH]c1-c1ccc(C)o1. The number of hydrogen-bond acceptors (Lipinski definition) is 4. The van der Waals surface area contributed by atoms with Crippen molar-refractivity contribution in [3.8, 4) is 11.5 Å². The predicted molar refractivity (Wildman–Crippen MR) is 76.3 cm³/mol. The van der Waals surface area contributed by atoms with E-state index in [0.29, 0.717) is 18.1 Å². The van der Waals surface area contributed by atoms with Gasteiger partial charge in [0.05, 0.1) is 6.20 Å². The Labute approximate surface area is 115 Å². The topological polar surface area (TPSA) is 70.9 Å². The number of hydrogen-bond donors (Lipinski definition) is 2. The van der Waals surface area contributed by atoms with Gasteiger partial charge in [0.15, 0.2) is 5.76 Å². The molecule has 0 amide bonds. The molecule has 0 spiro atoms. The number of rotatable bonds is 7. The monoisotopic (exact) mass is 281 g/mol. The van der Waals surface area contributed by atoms with Crippen LogP contribution < -0.4 is 5.32 Å². The summed E-state index contributed by atoms with van der Waals surface area (Å²) >= 11 is 0. The number of H-pyrrole nitrogens is 1. The molecule has 2 heterocycles. The molecular weight excluding hydrogens is 262 g/mol. The molecule has 2 aromatic heterocycles. The molecule has 2 rings (SSSR count). The van der Waals surface area contributed by atoms with Crippen LogP contribution in [-0.2, 0) is 17.3 Å². The fraction of sp³-hybridized carbons (Fsp3) is 0.462. The van der Waals surface area contributed by atoms with Gasteiger partial charge >= 0.3 is 0 Å². The molecule has 0 aliphatic rings. The standard InChI is InChI=1S/C13H19N3O2S/c1-3-19(17)7-6-14-8-11-9-15-16-13(11)12-5-4-10(2)18-12/h4-5,9,14H,3,6-8H2,1-2H3,(H,15,16). The van der Waals surface area contributed by atoms with E-state index in [9.17, 15) is 4.21 Å². The first-order chi connectivity index (χ1) is 9.20. The number of nitrogens with zero attached hydrogens (tertiary/aromatic N) is 1. The van der Waals surface area contributed by atoms with E-state index in [-0.39, 0.29) is 0 Å². The summed E-state index contributed by atoms with van der Waals surface area (Å²) in [7, 11) is -0.718. The molecule has 0 saturated carbocycles. The average molecular weight is 281 g/mol. The number of furan rings is 1. The first-order valence-electron chi connectivity index (χ1n) is 6.35. The molecule has 1 unspecified atom stereocenters. The van der Waals surface area contributed by atoms with Crippen molar-refractivity contribution >= 4 is 10.8 Å². The van der Waals surface area contributed by atoms with Gasteiger partial charge < -0.3 is 9.73 Å². The molecule has 2 aromatic rings. The van der Waals surface area contributed by atoms with E-state index in [1.165, 1.54) is 0 Å². The van der Waals surface area contributed by atoms with Crippen molar-refractivity contribution in [3.63, 3.8) is 0 Å². The van der Waals surface area contributed by atoms with Crippen LogP contribution >= 0.6 is 0 Å². The number of aromatic amines is 1. The van der Waals surface area contributed by atoms with Gasteiger partial charge in [-0.2, -0.15) is 5.10 Å². The number of aromatic nitrogens is 2. The van der Waals surface area contributed by atoms with Crippen LogP contribution in [0.4, 0.5) is 0 Å². The van der Waals surface area contributed by atoms with Crippen molar-refractivity contribution < 1.29 is 8.63 Å². The Morgan fingerprint density at radius 1 is 1.47 bits per heavy atom. The van der Waals surface area contributed by atoms with Gasteiger partial charge in [-0.25, -0.2) is 0 Å². The lowest BCUT2D eigenvalue weighted by atomic mass is 10.2. The normalized spacial score (nSPS) is 12.7. The zero-order chi connectivity index (χ0) is 13.7. The molecule has 0 aromatic carbocycles. The van der Waals surface area contributed by atoms with E-state index in [4.69, 9.17) is 4.42 Å². The van der Waals surface area contributed by atoms with Gasteiger partial charge in [-0.1, -0.05) is 6.92 Å². The maximum absolute atomic E-state index is 11.3. The lowest BCUT2D eigenvalue weighted by Gasteiger charge is -2.04. The molecule has 0 bridgehead atoms. The van der Waals surface area contributed by atoms with Crippen LogP contribution in [0.1, 0.15) is 18.2 Å². The Kier molecular flexibility index (Phi) is 4.93. The Morgan fingerprint density at radius 3 is 3.00 bits per heavy atom. The maximum Gasteiger partial charge on any atom is 0.152 e. The second-order valence-electron chi connectivity index (χ2n) is 4.29. The first-order valence-corrected chi connectivity index (χ1v) is 7.84. The third-order valence-corrected chi connectivity index (χ3v) is 4.15. The number of aryl methyl sites for hydroxylation is 1. The second-order valence-corrected chi connectivity index (χ2v) is 6.16. The highest BCUT2D eigenvalue weighted by Gasteiger charge is 2.10. The minimum atomic E-state index is -0.718. The smallest absolute Gasteiger partial charge is 0.152 e. The van der Waals surface area contributed by atoms with E-state index in [2.05, 4.69) is 15.5 Å². The summed E-state index contributed by atoms with van der Waals surface area (Å²) in [6.45, 7) is 5.27. The molecule has 19 heavy (non-hydrogen) atoms. The van der Waals surface area contributed by atoms with Gasteiger partial charge in [0.2, 0.25) is 0 Å². The van der Waals surface area contributed by atoms with E-state index in [1.54, 1.807) is 6.20 Å². The summed E-state index contributed by atoms with van der Waals surface area (Å²) in [6.07, 6.45) is 1.79. The van der Waals surface area contributed by atoms with Crippen LogP contribution in [0.5, 0.6) is 0 Å². The summed E-state index contributed by atoms with van der Waals surface area (Å²) in [5.41, 5.74) is 1.95. The highest BCUT2D eigenvalue weighted by Crippen LogP contribution is 2.22. The highest BCUT2D eigenvalue weighted by molar-refractivity contribution is 7.84. The van der Waals surface area contributed by atoms with Crippen molar-refractivity contribution in [2.24, 2.45) is 0 Å². The van der Waals surface area contributed by atoms with Crippen LogP contribution in [0.25, 0.3) is 11.5 Å². The molecule has 0 aliphatic carbocycles. The van der Waals surface area contributed by atoms with Crippen molar-refractivity contribution in [2.75, 3.05) is 18.1 Å². The Bertz CT molecular complexity index is 548. The summed E-state index contributed by atoms with van der Waals surface area (Å²) in [5.74, 6) is 3.07. The molecule has 0 fully saturated rings. The Hall–Kier alpha value is -1.40. The van der Waals surface area contributed by atoms with Gasteiger partial charge in [-0.3, -0.25) is 9.31 Å². The zero-order valence-corrected chi connectivity index (χ0v) is 12.0. The van der Waals surface area contributed by atoms with Gasteiger partial charge in [0.1, 0.15) is 11.5 Å². The quantitative estimate of drug-likeness (QED) is 0.760. The van der Waals surface area contributed by atoms with E-state index >= 15 is 0 Å². The zero-order valence-electron chi connectivity index (χ0n) is 11.2. The van der Waals surface area contributed by atoms with Gasteiger partial charge in [0.25, 0.3) is 0 Å². The predicted octanol–water partition coefficient (Wildman–Crippen LogP) is 1.84. The molecule has 2 N–H and O–H groups in total. The number of nitrogens with one attached hydrogen (secondary N) is 2. The highest BCUT2D eigenvalue weighted by atomic mass is 32.2. The molecule has 0 aliphatic heterocycles. The van der Waals surface area contributed by atoms with Crippen molar-refractivity contribution in [2.45, 2.75) is 20.4 Å². The van der Waals surface area contributed by atoms with E-state index in [0.717, 1.165) is 29.3 Å². The Morgan fingerprint density at radius 2 is 2.32 bits per heavy atom. The minimum Gasteiger partial charge on any atom is -0.460 e. The molecule has 5 nitrogen and oxygen atoms in total. The van der Waals surface area contributed by atoms with Gasteiger partial charge in [-0.05, 0) is 19.1 Å². The summed E-state index contributed by atoms with van der Waals surface area (Å²) in [4.78, 5) is 0. The van der Waals surface area contributed by atoms with Gasteiger partial charge in [-0.15, -0.1) is 0 Å². The lowest BCUT2D eigenvalue weighted by molar-refractivity contribution is 0.545. The summed E-state index contributed by atoms with van der Waals surface area (Å²) < 4.78 is 16.9. The van der Waals surface area contributed by atoms with Crippen LogP contribution in [0.3, 0.4) is 0 Å². The lowest BCUT2D eigenvalue weighted by Crippen LogP contribution is -2.20. The van der Waals surface area contributed by atoms with Crippen molar-refractivity contribution in [1.82, 2.24) is 15.5 Å². The third-order valence-electron chi connectivity index (χ3n) is 2.85. The largest absolute Gasteiger partial charge is 0.460 e. The van der Waals surface area contributed by atoms with Crippen LogP contribution in [0.15, 0.2) is 22.7 Å². The second kappa shape index (κ2) is 6.68. The van der Waals surface area contributed by atoms with Crippen molar-refractivity contribution in [1.29, 1.82) is 0 Å². The van der Waals surface area contributed by atoms with E-state index in [1.807, 2.05) is 26.0 Å². The molecular formula is C13H19N3O2S. The molecule has 1 atom stereocenters. The Balaban J connectivity index is 1.91. The summed E-state index contributed by atoms with van der Waals surface area (Å²) in [5, 5.41) is 10.3. The van der Waals surface area contributed by atoms with Crippen LogP contribution in [0, 0.1) is 6.92 Å². The fourth-order valence-electron chi connectivity index (χ4n) is 1.78. The molecule has 0 radical (unpaired) electrons. The summed E-state index contributed by atoms with van der Waals surface area (Å²) in [6, 6.07) is 3.86. The molecule has 6 heteroatoms. The van der Waals surface area contributed by atoms with Crippen molar-refractivity contribution in [3.05, 3.63) is 29.7 Å². The van der Waals surface area contributed by atoms with E-state index < -0.39 is 10.8 Å². The average Bonchev–Trinajstić information content (AvgIpc) is 3.02. The fourth-order valence-corrected chi connectivity index (χ4v) is 2.44. The first kappa shape index (κ1) is 14.0. The minimum absolute atomic E-state index is 0.684.